The molecule has 0 unspecified atom stereocenters. The van der Waals surface area contributed by atoms with Crippen LogP contribution in [-0.2, 0) is 14.3 Å². The van der Waals surface area contributed by atoms with E-state index in [9.17, 15) is 18.0 Å². The van der Waals surface area contributed by atoms with E-state index >= 15 is 0 Å². The third-order valence-electron chi connectivity index (χ3n) is 5.38. The van der Waals surface area contributed by atoms with Crippen LogP contribution in [0.3, 0.4) is 0 Å². The lowest BCUT2D eigenvalue weighted by atomic mass is 9.89. The van der Waals surface area contributed by atoms with Gasteiger partial charge in [0.15, 0.2) is 0 Å². The van der Waals surface area contributed by atoms with Crippen molar-refractivity contribution in [3.63, 3.8) is 0 Å². The number of cyclic esters (lactones) is 1. The topological polar surface area (TPSA) is 79.3 Å². The van der Waals surface area contributed by atoms with E-state index in [1.807, 2.05) is 26.0 Å². The summed E-state index contributed by atoms with van der Waals surface area (Å²) in [6, 6.07) is 8.26. The Hall–Kier alpha value is -2.49. The molecule has 1 aromatic carbocycles. The lowest BCUT2D eigenvalue weighted by Crippen LogP contribution is -2.47. The maximum Gasteiger partial charge on any atom is 0.490 e. The van der Waals surface area contributed by atoms with Crippen LogP contribution in [0.4, 0.5) is 18.9 Å². The molecule has 1 aromatic rings. The van der Waals surface area contributed by atoms with Crippen LogP contribution in [0, 0.1) is 5.41 Å². The van der Waals surface area contributed by atoms with Gasteiger partial charge in [-0.05, 0) is 51.0 Å². The zero-order chi connectivity index (χ0) is 23.2. The zero-order valence-electron chi connectivity index (χ0n) is 17.9. The Labute approximate surface area is 179 Å². The maximum atomic E-state index is 11.8. The number of hydrogen-bond acceptors (Lipinski definition) is 6. The van der Waals surface area contributed by atoms with E-state index in [1.165, 1.54) is 5.69 Å². The lowest BCUT2D eigenvalue weighted by Gasteiger charge is -2.36. The molecular formula is C21H29F3N2O5. The predicted octanol–water partition coefficient (Wildman–Crippen LogP) is 3.18. The number of anilines is 1. The minimum Gasteiger partial charge on any atom is -0.497 e. The highest BCUT2D eigenvalue weighted by molar-refractivity contribution is 5.78. The molecule has 0 saturated carbocycles. The van der Waals surface area contributed by atoms with E-state index in [0.29, 0.717) is 0 Å². The molecule has 0 bridgehead atoms. The molecule has 2 heterocycles. The molecule has 1 N–H and O–H groups in total. The number of benzene rings is 1. The number of alkyl halides is 3. The molecule has 2 aliphatic heterocycles. The second-order valence-corrected chi connectivity index (χ2v) is 8.23. The van der Waals surface area contributed by atoms with Gasteiger partial charge in [0.2, 0.25) is 0 Å². The molecule has 31 heavy (non-hydrogen) atoms. The molecule has 0 aromatic heterocycles. The van der Waals surface area contributed by atoms with Crippen molar-refractivity contribution in [3.05, 3.63) is 24.3 Å². The Kier molecular flexibility index (Phi) is 8.16. The Morgan fingerprint density at radius 2 is 1.74 bits per heavy atom. The number of rotatable bonds is 5. The summed E-state index contributed by atoms with van der Waals surface area (Å²) in [5, 5.41) is 7.12. The Morgan fingerprint density at radius 1 is 1.19 bits per heavy atom. The van der Waals surface area contributed by atoms with E-state index in [0.717, 1.165) is 51.3 Å². The van der Waals surface area contributed by atoms with Crippen molar-refractivity contribution >= 4 is 17.6 Å². The fraction of sp³-hybridized carbons (Fsp3) is 0.619. The van der Waals surface area contributed by atoms with Gasteiger partial charge in [-0.1, -0.05) is 0 Å². The predicted molar refractivity (Wildman–Crippen MR) is 108 cm³/mol. The third-order valence-corrected chi connectivity index (χ3v) is 5.38. The SMILES string of the molecule is COc1ccc(N2CCN(CC[C@@H]3CC(C)(C)C(=O)O3)CC2)cc1.O=C(O)C(F)(F)F. The number of methoxy groups -OCH3 is 1. The van der Waals surface area contributed by atoms with Gasteiger partial charge >= 0.3 is 18.1 Å². The molecule has 2 fully saturated rings. The third kappa shape index (κ3) is 7.30. The molecule has 2 aliphatic rings. The Morgan fingerprint density at radius 3 is 2.16 bits per heavy atom. The van der Waals surface area contributed by atoms with Gasteiger partial charge in [0.05, 0.1) is 12.5 Å². The molecule has 0 aliphatic carbocycles. The molecule has 0 amide bonds. The van der Waals surface area contributed by atoms with E-state index in [1.54, 1.807) is 7.11 Å². The number of halogens is 3. The summed E-state index contributed by atoms with van der Waals surface area (Å²) in [5.74, 6) is -1.91. The minimum atomic E-state index is -5.08. The van der Waals surface area contributed by atoms with E-state index in [2.05, 4.69) is 21.9 Å². The van der Waals surface area contributed by atoms with E-state index in [4.69, 9.17) is 19.4 Å². The summed E-state index contributed by atoms with van der Waals surface area (Å²) >= 11 is 0. The summed E-state index contributed by atoms with van der Waals surface area (Å²) < 4.78 is 42.4. The molecule has 0 radical (unpaired) electrons. The first-order valence-corrected chi connectivity index (χ1v) is 10.0. The lowest BCUT2D eigenvalue weighted by molar-refractivity contribution is -0.192. The molecule has 174 valence electrons. The highest BCUT2D eigenvalue weighted by Gasteiger charge is 2.41. The van der Waals surface area contributed by atoms with Gasteiger partial charge in [-0.25, -0.2) is 4.79 Å². The minimum absolute atomic E-state index is 0.0446. The largest absolute Gasteiger partial charge is 0.497 e. The second-order valence-electron chi connectivity index (χ2n) is 8.23. The molecular weight excluding hydrogens is 417 g/mol. The number of hydrogen-bond donors (Lipinski definition) is 1. The van der Waals surface area contributed by atoms with Gasteiger partial charge < -0.3 is 19.5 Å². The summed E-state index contributed by atoms with van der Waals surface area (Å²) in [6.07, 6.45) is -3.21. The highest BCUT2D eigenvalue weighted by atomic mass is 19.4. The Balaban J connectivity index is 0.000000423. The summed E-state index contributed by atoms with van der Waals surface area (Å²) in [6.45, 7) is 9.12. The standard InChI is InChI=1S/C19H28N2O3.C2HF3O2/c1-19(2)14-17(24-18(19)22)8-9-20-10-12-21(13-11-20)15-4-6-16(23-3)7-5-15;3-2(4,5)1(6)7/h4-7,17H,8-14H2,1-3H3;(H,6,7)/t17-;/m1./s1. The molecule has 1 atom stereocenters. The van der Waals surface area contributed by atoms with Crippen LogP contribution in [0.2, 0.25) is 0 Å². The van der Waals surface area contributed by atoms with Gasteiger partial charge in [-0.15, -0.1) is 0 Å². The normalized spacial score (nSPS) is 21.2. The zero-order valence-corrected chi connectivity index (χ0v) is 17.9. The van der Waals surface area contributed by atoms with Gasteiger partial charge in [0.25, 0.3) is 0 Å². The average molecular weight is 446 g/mol. The van der Waals surface area contributed by atoms with Crippen molar-refractivity contribution in [1.29, 1.82) is 0 Å². The maximum absolute atomic E-state index is 11.8. The number of carbonyl (C=O) groups is 2. The number of aliphatic carboxylic acids is 1. The fourth-order valence-electron chi connectivity index (χ4n) is 3.52. The summed E-state index contributed by atoms with van der Waals surface area (Å²) in [4.78, 5) is 25.5. The number of esters is 1. The van der Waals surface area contributed by atoms with E-state index < -0.39 is 12.1 Å². The van der Waals surface area contributed by atoms with Crippen LogP contribution in [0.25, 0.3) is 0 Å². The van der Waals surface area contributed by atoms with Crippen molar-refractivity contribution in [2.45, 2.75) is 39.0 Å². The van der Waals surface area contributed by atoms with Gasteiger partial charge in [-0.3, -0.25) is 9.69 Å². The second kappa shape index (κ2) is 10.2. The van der Waals surface area contributed by atoms with Crippen LogP contribution in [-0.4, -0.2) is 74.1 Å². The average Bonchev–Trinajstić information content (AvgIpc) is 2.98. The monoisotopic (exact) mass is 446 g/mol. The number of carbonyl (C=O) groups excluding carboxylic acids is 1. The number of carboxylic acids is 1. The highest BCUT2D eigenvalue weighted by Crippen LogP contribution is 2.34. The van der Waals surface area contributed by atoms with Crippen molar-refractivity contribution in [2.75, 3.05) is 44.7 Å². The van der Waals surface area contributed by atoms with Crippen LogP contribution in [0.15, 0.2) is 24.3 Å². The number of carboxylic acid groups (broad SMARTS) is 1. The first-order chi connectivity index (χ1) is 14.4. The van der Waals surface area contributed by atoms with Crippen molar-refractivity contribution in [1.82, 2.24) is 4.90 Å². The fourth-order valence-corrected chi connectivity index (χ4v) is 3.52. The quantitative estimate of drug-likeness (QED) is 0.696. The first kappa shape index (κ1) is 24.8. The first-order valence-electron chi connectivity index (χ1n) is 10.0. The van der Waals surface area contributed by atoms with Crippen LogP contribution >= 0.6 is 0 Å². The van der Waals surface area contributed by atoms with Crippen LogP contribution in [0.1, 0.15) is 26.7 Å². The molecule has 7 nitrogen and oxygen atoms in total. The number of piperazine rings is 1. The molecule has 3 rings (SSSR count). The van der Waals surface area contributed by atoms with E-state index in [-0.39, 0.29) is 17.5 Å². The summed E-state index contributed by atoms with van der Waals surface area (Å²) in [5.41, 5.74) is 0.944. The van der Waals surface area contributed by atoms with Gasteiger partial charge in [0, 0.05) is 38.4 Å². The van der Waals surface area contributed by atoms with Crippen molar-refractivity contribution in [3.8, 4) is 5.75 Å². The van der Waals surface area contributed by atoms with Crippen molar-refractivity contribution < 1.29 is 37.3 Å². The molecule has 2 saturated heterocycles. The van der Waals surface area contributed by atoms with Crippen LogP contribution in [0.5, 0.6) is 5.75 Å². The summed E-state index contributed by atoms with van der Waals surface area (Å²) in [7, 11) is 1.69. The smallest absolute Gasteiger partial charge is 0.490 e. The number of nitrogens with zero attached hydrogens (tertiary/aromatic N) is 2. The molecule has 10 heteroatoms. The van der Waals surface area contributed by atoms with Gasteiger partial charge in [-0.2, -0.15) is 13.2 Å². The number of ether oxygens (including phenoxy) is 2. The van der Waals surface area contributed by atoms with Gasteiger partial charge in [0.1, 0.15) is 11.9 Å². The molecule has 0 spiro atoms. The van der Waals surface area contributed by atoms with Crippen LogP contribution < -0.4 is 9.64 Å². The van der Waals surface area contributed by atoms with Crippen molar-refractivity contribution in [2.24, 2.45) is 5.41 Å². The Bertz CT molecular complexity index is 744.